The zero-order valence-electron chi connectivity index (χ0n) is 14.8. The van der Waals surface area contributed by atoms with Crippen molar-refractivity contribution >= 4 is 10.9 Å². The molecule has 1 atom stereocenters. The lowest BCUT2D eigenvalue weighted by Gasteiger charge is -2.17. The van der Waals surface area contributed by atoms with Gasteiger partial charge in [-0.1, -0.05) is 30.3 Å². The number of ether oxygens (including phenoxy) is 1. The highest BCUT2D eigenvalue weighted by molar-refractivity contribution is 5.86. The fourth-order valence-electron chi connectivity index (χ4n) is 3.54. The Labute approximate surface area is 144 Å². The molecule has 1 unspecified atom stereocenters. The van der Waals surface area contributed by atoms with Crippen LogP contribution in [0.5, 0.6) is 5.75 Å². The molecule has 0 saturated carbocycles. The number of rotatable bonds is 6. The summed E-state index contributed by atoms with van der Waals surface area (Å²) in [5, 5.41) is 1.32. The fourth-order valence-corrected chi connectivity index (χ4v) is 3.54. The molecule has 3 nitrogen and oxygen atoms in total. The van der Waals surface area contributed by atoms with Crippen LogP contribution in [0.4, 0.5) is 0 Å². The minimum Gasteiger partial charge on any atom is -0.494 e. The Hall–Kier alpha value is -2.26. The minimum absolute atomic E-state index is 0.314. The third-order valence-electron chi connectivity index (χ3n) is 4.86. The van der Waals surface area contributed by atoms with Gasteiger partial charge in [0.2, 0.25) is 0 Å². The third-order valence-corrected chi connectivity index (χ3v) is 4.86. The van der Waals surface area contributed by atoms with E-state index in [9.17, 15) is 0 Å². The molecule has 24 heavy (non-hydrogen) atoms. The summed E-state index contributed by atoms with van der Waals surface area (Å²) in [7, 11) is 2.13. The highest BCUT2D eigenvalue weighted by atomic mass is 16.5. The second-order valence-electron chi connectivity index (χ2n) is 6.29. The molecule has 0 fully saturated rings. The first-order valence-corrected chi connectivity index (χ1v) is 8.61. The number of nitrogens with two attached hydrogens (primary N) is 1. The molecule has 0 aliphatic rings. The number of para-hydroxylation sites is 1. The van der Waals surface area contributed by atoms with Crippen molar-refractivity contribution in [3.8, 4) is 5.75 Å². The van der Waals surface area contributed by atoms with Gasteiger partial charge in [-0.2, -0.15) is 0 Å². The first-order valence-electron chi connectivity index (χ1n) is 8.61. The molecule has 0 radical (unpaired) electrons. The van der Waals surface area contributed by atoms with Crippen molar-refractivity contribution in [1.82, 2.24) is 4.57 Å². The highest BCUT2D eigenvalue weighted by Gasteiger charge is 2.20. The maximum Gasteiger partial charge on any atom is 0.119 e. The molecule has 2 aromatic carbocycles. The molecule has 1 heterocycles. The summed E-state index contributed by atoms with van der Waals surface area (Å²) >= 11 is 0. The van der Waals surface area contributed by atoms with Gasteiger partial charge in [0, 0.05) is 29.6 Å². The Morgan fingerprint density at radius 1 is 1.08 bits per heavy atom. The molecule has 126 valence electrons. The van der Waals surface area contributed by atoms with Gasteiger partial charge in [0.25, 0.3) is 0 Å². The lowest BCUT2D eigenvalue weighted by molar-refractivity contribution is 0.340. The summed E-state index contributed by atoms with van der Waals surface area (Å²) < 4.78 is 7.80. The van der Waals surface area contributed by atoms with E-state index < -0.39 is 0 Å². The topological polar surface area (TPSA) is 40.2 Å². The average molecular weight is 322 g/mol. The summed E-state index contributed by atoms with van der Waals surface area (Å²) in [5.74, 6) is 1.24. The van der Waals surface area contributed by atoms with E-state index in [4.69, 9.17) is 10.5 Å². The van der Waals surface area contributed by atoms with E-state index in [0.29, 0.717) is 19.1 Å². The Bertz CT molecular complexity index is 818. The van der Waals surface area contributed by atoms with Crippen LogP contribution in [0.1, 0.15) is 29.7 Å². The van der Waals surface area contributed by atoms with E-state index in [0.717, 1.165) is 12.2 Å². The van der Waals surface area contributed by atoms with Crippen LogP contribution in [0.15, 0.2) is 48.5 Å². The molecule has 0 aliphatic carbocycles. The van der Waals surface area contributed by atoms with Gasteiger partial charge in [0.1, 0.15) is 5.75 Å². The number of aromatic nitrogens is 1. The van der Waals surface area contributed by atoms with Crippen LogP contribution in [-0.4, -0.2) is 17.7 Å². The van der Waals surface area contributed by atoms with Crippen LogP contribution in [0.3, 0.4) is 0 Å². The van der Waals surface area contributed by atoms with Gasteiger partial charge in [-0.3, -0.25) is 0 Å². The Morgan fingerprint density at radius 3 is 2.46 bits per heavy atom. The molecule has 0 saturated heterocycles. The smallest absolute Gasteiger partial charge is 0.119 e. The largest absolute Gasteiger partial charge is 0.494 e. The predicted molar refractivity (Wildman–Crippen MR) is 101 cm³/mol. The molecular formula is C21H26N2O. The Morgan fingerprint density at radius 2 is 1.79 bits per heavy atom. The molecule has 0 amide bonds. The Kier molecular flexibility index (Phi) is 4.91. The van der Waals surface area contributed by atoms with Gasteiger partial charge in [0.05, 0.1) is 6.61 Å². The number of aryl methyl sites for hydroxylation is 1. The molecule has 0 spiro atoms. The first-order chi connectivity index (χ1) is 11.7. The quantitative estimate of drug-likeness (QED) is 0.740. The van der Waals surface area contributed by atoms with Crippen LogP contribution in [0.2, 0.25) is 0 Å². The summed E-state index contributed by atoms with van der Waals surface area (Å²) in [6.45, 7) is 5.53. The highest BCUT2D eigenvalue weighted by Crippen LogP contribution is 2.32. The summed E-state index contributed by atoms with van der Waals surface area (Å²) in [5.41, 5.74) is 11.4. The minimum atomic E-state index is 0.314. The third kappa shape index (κ3) is 3.04. The van der Waals surface area contributed by atoms with Crippen LogP contribution < -0.4 is 10.5 Å². The van der Waals surface area contributed by atoms with Crippen LogP contribution >= 0.6 is 0 Å². The van der Waals surface area contributed by atoms with E-state index >= 15 is 0 Å². The van der Waals surface area contributed by atoms with Crippen molar-refractivity contribution in [2.45, 2.75) is 26.2 Å². The zero-order chi connectivity index (χ0) is 17.1. The molecule has 1 aromatic heterocycles. The maximum atomic E-state index is 6.17. The van der Waals surface area contributed by atoms with Gasteiger partial charge in [-0.15, -0.1) is 0 Å². The van der Waals surface area contributed by atoms with Crippen molar-refractivity contribution in [2.75, 3.05) is 13.2 Å². The number of hydrogen-bond donors (Lipinski definition) is 1. The molecule has 0 aliphatic heterocycles. The zero-order valence-corrected chi connectivity index (χ0v) is 14.8. The van der Waals surface area contributed by atoms with Crippen LogP contribution in [0, 0.1) is 6.92 Å². The predicted octanol–water partition coefficient (Wildman–Crippen LogP) is 4.17. The van der Waals surface area contributed by atoms with E-state index in [1.54, 1.807) is 0 Å². The molecule has 3 aromatic rings. The van der Waals surface area contributed by atoms with Gasteiger partial charge < -0.3 is 15.0 Å². The standard InChI is InChI=1S/C21H26N2O/c1-4-24-18-11-9-16(10-12-18)13-17(14-22)21-15(2)23(3)20-8-6-5-7-19(20)21/h5-12,17H,4,13-14,22H2,1-3H3. The second-order valence-corrected chi connectivity index (χ2v) is 6.29. The second kappa shape index (κ2) is 7.10. The molecule has 3 heteroatoms. The van der Waals surface area contributed by atoms with Crippen molar-refractivity contribution in [1.29, 1.82) is 0 Å². The van der Waals surface area contributed by atoms with Crippen molar-refractivity contribution < 1.29 is 4.74 Å². The van der Waals surface area contributed by atoms with E-state index in [1.807, 2.05) is 19.1 Å². The molecular weight excluding hydrogens is 296 g/mol. The van der Waals surface area contributed by atoms with Gasteiger partial charge in [-0.25, -0.2) is 0 Å². The van der Waals surface area contributed by atoms with E-state index in [2.05, 4.69) is 54.9 Å². The first kappa shape index (κ1) is 16.6. The van der Waals surface area contributed by atoms with Crippen molar-refractivity contribution in [3.05, 3.63) is 65.4 Å². The van der Waals surface area contributed by atoms with Crippen molar-refractivity contribution in [3.63, 3.8) is 0 Å². The summed E-state index contributed by atoms with van der Waals surface area (Å²) in [6.07, 6.45) is 0.942. The molecule has 0 bridgehead atoms. The molecule has 3 rings (SSSR count). The molecule has 2 N–H and O–H groups in total. The fraction of sp³-hybridized carbons (Fsp3) is 0.333. The van der Waals surface area contributed by atoms with Gasteiger partial charge in [-0.05, 0) is 56.1 Å². The van der Waals surface area contributed by atoms with Crippen LogP contribution in [0.25, 0.3) is 10.9 Å². The number of benzene rings is 2. The monoisotopic (exact) mass is 322 g/mol. The lowest BCUT2D eigenvalue weighted by Crippen LogP contribution is -2.16. The number of hydrogen-bond acceptors (Lipinski definition) is 2. The van der Waals surface area contributed by atoms with Gasteiger partial charge >= 0.3 is 0 Å². The van der Waals surface area contributed by atoms with Gasteiger partial charge in [0.15, 0.2) is 0 Å². The number of fused-ring (bicyclic) bond motifs is 1. The van der Waals surface area contributed by atoms with Crippen molar-refractivity contribution in [2.24, 2.45) is 12.8 Å². The maximum absolute atomic E-state index is 6.17. The van der Waals surface area contributed by atoms with E-state index in [-0.39, 0.29) is 0 Å². The lowest BCUT2D eigenvalue weighted by atomic mass is 9.90. The normalized spacial score (nSPS) is 12.5. The SMILES string of the molecule is CCOc1ccc(CC(CN)c2c(C)n(C)c3ccccc23)cc1. The summed E-state index contributed by atoms with van der Waals surface area (Å²) in [6, 6.07) is 17.0. The van der Waals surface area contributed by atoms with Crippen LogP contribution in [-0.2, 0) is 13.5 Å². The summed E-state index contributed by atoms with van der Waals surface area (Å²) in [4.78, 5) is 0. The Balaban J connectivity index is 1.93. The number of nitrogens with zero attached hydrogens (tertiary/aromatic N) is 1. The van der Waals surface area contributed by atoms with E-state index in [1.165, 1.54) is 27.7 Å². The average Bonchev–Trinajstić information content (AvgIpc) is 2.86.